The van der Waals surface area contributed by atoms with Crippen LogP contribution >= 0.6 is 0 Å². The lowest BCUT2D eigenvalue weighted by Gasteiger charge is -2.23. The van der Waals surface area contributed by atoms with E-state index < -0.39 is 0 Å². The van der Waals surface area contributed by atoms with E-state index in [1.165, 1.54) is 11.1 Å². The highest BCUT2D eigenvalue weighted by Gasteiger charge is 2.18. The van der Waals surface area contributed by atoms with E-state index in [0.717, 1.165) is 29.7 Å². The largest absolute Gasteiger partial charge is 0.336 e. The number of tetrazole rings is 1. The van der Waals surface area contributed by atoms with Crippen LogP contribution in [0.25, 0.3) is 22.6 Å². The number of aromatic amines is 1. The van der Waals surface area contributed by atoms with Crippen molar-refractivity contribution < 1.29 is 4.79 Å². The first-order valence-electron chi connectivity index (χ1n) is 13.2. The molecule has 0 radical (unpaired) electrons. The number of aryl methyl sites for hydroxylation is 1. The van der Waals surface area contributed by atoms with Gasteiger partial charge in [-0.1, -0.05) is 91.3 Å². The molecule has 0 aliphatic rings. The third kappa shape index (κ3) is 6.59. The molecule has 0 fully saturated rings. The van der Waals surface area contributed by atoms with Crippen LogP contribution in [0.4, 0.5) is 5.95 Å². The Morgan fingerprint density at radius 1 is 0.846 bits per heavy atom. The van der Waals surface area contributed by atoms with Crippen LogP contribution in [-0.2, 0) is 24.2 Å². The summed E-state index contributed by atoms with van der Waals surface area (Å²) in [5.74, 6) is 1.18. The lowest BCUT2D eigenvalue weighted by Crippen LogP contribution is -2.26. The predicted octanol–water partition coefficient (Wildman–Crippen LogP) is 5.40. The molecule has 1 N–H and O–H groups in total. The summed E-state index contributed by atoms with van der Waals surface area (Å²) in [5.41, 5.74) is 6.40. The van der Waals surface area contributed by atoms with Gasteiger partial charge in [0.15, 0.2) is 0 Å². The molecule has 0 saturated heterocycles. The maximum atomic E-state index is 13.2. The molecule has 2 aromatic heterocycles. The maximum absolute atomic E-state index is 13.2. The van der Waals surface area contributed by atoms with E-state index in [2.05, 4.69) is 44.6 Å². The van der Waals surface area contributed by atoms with Crippen LogP contribution < -0.4 is 4.90 Å². The normalized spacial score (nSPS) is 10.9. The monoisotopic (exact) mass is 517 g/mol. The first-order chi connectivity index (χ1) is 19.1. The van der Waals surface area contributed by atoms with E-state index in [4.69, 9.17) is 9.97 Å². The number of H-pyrrole nitrogens is 1. The first kappa shape index (κ1) is 25.9. The van der Waals surface area contributed by atoms with Crippen molar-refractivity contribution in [1.29, 1.82) is 0 Å². The predicted molar refractivity (Wildman–Crippen MR) is 152 cm³/mol. The molecule has 8 heteroatoms. The second-order valence-corrected chi connectivity index (χ2v) is 9.61. The van der Waals surface area contributed by atoms with Gasteiger partial charge in [0.05, 0.1) is 11.4 Å². The molecule has 2 heterocycles. The molecular weight excluding hydrogens is 486 g/mol. The van der Waals surface area contributed by atoms with Gasteiger partial charge in [-0.15, -0.1) is 10.2 Å². The molecule has 0 aliphatic heterocycles. The van der Waals surface area contributed by atoms with Crippen molar-refractivity contribution in [3.05, 3.63) is 107 Å². The fraction of sp³-hybridized carbons (Fsp3) is 0.226. The number of hydrogen-bond acceptors (Lipinski definition) is 7. The van der Waals surface area contributed by atoms with Crippen molar-refractivity contribution in [1.82, 2.24) is 30.6 Å². The molecule has 0 bridgehead atoms. The summed E-state index contributed by atoms with van der Waals surface area (Å²) in [6.45, 7) is 5.63. The van der Waals surface area contributed by atoms with E-state index in [0.29, 0.717) is 36.1 Å². The van der Waals surface area contributed by atoms with E-state index in [-0.39, 0.29) is 12.2 Å². The number of anilines is 1. The lowest BCUT2D eigenvalue weighted by molar-refractivity contribution is -0.117. The van der Waals surface area contributed by atoms with Gasteiger partial charge in [-0.2, -0.15) is 5.21 Å². The van der Waals surface area contributed by atoms with E-state index in [1.54, 1.807) is 0 Å². The van der Waals surface area contributed by atoms with Crippen LogP contribution in [0.3, 0.4) is 0 Å². The van der Waals surface area contributed by atoms with Gasteiger partial charge in [0.1, 0.15) is 5.78 Å². The van der Waals surface area contributed by atoms with Crippen molar-refractivity contribution in [3.63, 3.8) is 0 Å². The molecule has 0 atom stereocenters. The Labute approximate surface area is 228 Å². The smallest absolute Gasteiger partial charge is 0.226 e. The number of ketones is 1. The fourth-order valence-electron chi connectivity index (χ4n) is 4.55. The van der Waals surface area contributed by atoms with Crippen LogP contribution in [-0.4, -0.2) is 42.9 Å². The summed E-state index contributed by atoms with van der Waals surface area (Å²) in [7, 11) is 0. The minimum absolute atomic E-state index is 0.103. The van der Waals surface area contributed by atoms with Gasteiger partial charge < -0.3 is 4.90 Å². The highest BCUT2D eigenvalue weighted by Crippen LogP contribution is 2.30. The topological polar surface area (TPSA) is 101 Å². The van der Waals surface area contributed by atoms with E-state index in [9.17, 15) is 4.79 Å². The van der Waals surface area contributed by atoms with Crippen LogP contribution in [0.5, 0.6) is 0 Å². The van der Waals surface area contributed by atoms with Crippen molar-refractivity contribution in [2.75, 3.05) is 11.4 Å². The Hall–Kier alpha value is -4.72. The second kappa shape index (κ2) is 12.2. The molecule has 5 rings (SSSR count). The van der Waals surface area contributed by atoms with Gasteiger partial charge in [-0.05, 0) is 35.8 Å². The fourth-order valence-corrected chi connectivity index (χ4v) is 4.55. The van der Waals surface area contributed by atoms with E-state index in [1.807, 2.05) is 79.7 Å². The molecule has 196 valence electrons. The number of Topliss-reactive ketones (excluding diaryl/α,β-unsaturated/α-hetero) is 1. The zero-order valence-corrected chi connectivity index (χ0v) is 22.2. The average molecular weight is 518 g/mol. The second-order valence-electron chi connectivity index (χ2n) is 9.61. The van der Waals surface area contributed by atoms with Crippen molar-refractivity contribution in [2.24, 2.45) is 0 Å². The molecule has 5 aromatic rings. The summed E-state index contributed by atoms with van der Waals surface area (Å²) in [4.78, 5) is 25.2. The number of nitrogens with one attached hydrogen (secondary N) is 1. The minimum Gasteiger partial charge on any atom is -0.336 e. The molecule has 0 aliphatic carbocycles. The summed E-state index contributed by atoms with van der Waals surface area (Å²) < 4.78 is 0. The molecule has 3 aromatic carbocycles. The number of nitrogens with zero attached hydrogens (tertiary/aromatic N) is 6. The number of carbonyl (C=O) groups excluding carboxylic acids is 1. The number of hydrogen-bond donors (Lipinski definition) is 1. The zero-order chi connectivity index (χ0) is 27.0. The average Bonchev–Trinajstić information content (AvgIpc) is 3.50. The molecule has 0 spiro atoms. The van der Waals surface area contributed by atoms with Crippen LogP contribution in [0.15, 0.2) is 84.9 Å². The molecular formula is C31H31N7O. The van der Waals surface area contributed by atoms with Crippen LogP contribution in [0.2, 0.25) is 0 Å². The Bertz CT molecular complexity index is 1520. The number of aromatic nitrogens is 6. The lowest BCUT2D eigenvalue weighted by atomic mass is 10.0. The summed E-state index contributed by atoms with van der Waals surface area (Å²) >= 11 is 0. The minimum atomic E-state index is 0.103. The van der Waals surface area contributed by atoms with Crippen LogP contribution in [0, 0.1) is 6.92 Å². The van der Waals surface area contributed by atoms with Gasteiger partial charge in [0.25, 0.3) is 0 Å². The zero-order valence-electron chi connectivity index (χ0n) is 22.2. The van der Waals surface area contributed by atoms with Gasteiger partial charge in [-0.25, -0.2) is 9.97 Å². The quantitative estimate of drug-likeness (QED) is 0.250. The highest BCUT2D eigenvalue weighted by molar-refractivity contribution is 5.84. The van der Waals surface area contributed by atoms with Gasteiger partial charge in [0.2, 0.25) is 11.8 Å². The van der Waals surface area contributed by atoms with E-state index >= 15 is 0 Å². The molecule has 0 saturated carbocycles. The van der Waals surface area contributed by atoms with Gasteiger partial charge in [0, 0.05) is 37.1 Å². The Morgan fingerprint density at radius 3 is 2.31 bits per heavy atom. The summed E-state index contributed by atoms with van der Waals surface area (Å²) in [6.07, 6.45) is 1.50. The van der Waals surface area contributed by atoms with Gasteiger partial charge in [-0.3, -0.25) is 4.79 Å². The molecule has 0 amide bonds. The standard InChI is InChI=1S/C31H31N7O/c1-3-17-38(21-24-9-5-4-6-10-24)31-32-25(19-26(39)18-23-15-13-22(2)14-16-23)20-29(33-31)27-11-7-8-12-28(27)30-34-36-37-35-30/h4-16,20H,3,17-19,21H2,1-2H3,(H,34,35,36,37). The van der Waals surface area contributed by atoms with Crippen molar-refractivity contribution >= 4 is 11.7 Å². The SMILES string of the molecule is CCCN(Cc1ccccc1)c1nc(CC(=O)Cc2ccc(C)cc2)cc(-c2ccccc2-c2nn[nH]n2)n1. The third-order valence-corrected chi connectivity index (χ3v) is 6.45. The first-order valence-corrected chi connectivity index (χ1v) is 13.2. The number of benzene rings is 3. The van der Waals surface area contributed by atoms with Crippen LogP contribution in [0.1, 0.15) is 35.7 Å². The molecule has 39 heavy (non-hydrogen) atoms. The Balaban J connectivity index is 1.53. The number of carbonyl (C=O) groups is 1. The number of rotatable bonds is 11. The maximum Gasteiger partial charge on any atom is 0.226 e. The molecule has 0 unspecified atom stereocenters. The Morgan fingerprint density at radius 2 is 1.59 bits per heavy atom. The third-order valence-electron chi connectivity index (χ3n) is 6.45. The van der Waals surface area contributed by atoms with Gasteiger partial charge >= 0.3 is 0 Å². The Kier molecular flexibility index (Phi) is 8.12. The molecule has 8 nitrogen and oxygen atoms in total. The summed E-state index contributed by atoms with van der Waals surface area (Å²) in [5, 5.41) is 14.6. The highest BCUT2D eigenvalue weighted by atomic mass is 16.1. The summed E-state index contributed by atoms with van der Waals surface area (Å²) in [6, 6.07) is 28.1. The van der Waals surface area contributed by atoms with Crippen molar-refractivity contribution in [2.45, 2.75) is 39.7 Å². The van der Waals surface area contributed by atoms with Crippen molar-refractivity contribution in [3.8, 4) is 22.6 Å².